The first kappa shape index (κ1) is 14.2. The van der Waals surface area contributed by atoms with Crippen LogP contribution in [-0.4, -0.2) is 20.6 Å². The Morgan fingerprint density at radius 1 is 1.32 bits per heavy atom. The summed E-state index contributed by atoms with van der Waals surface area (Å²) in [7, 11) is 0. The first-order chi connectivity index (χ1) is 10.5. The highest BCUT2D eigenvalue weighted by Gasteiger charge is 2.09. The summed E-state index contributed by atoms with van der Waals surface area (Å²) in [5.74, 6) is 0.723. The number of rotatable bonds is 4. The highest BCUT2D eigenvalue weighted by Crippen LogP contribution is 2.22. The van der Waals surface area contributed by atoms with E-state index >= 15 is 0 Å². The summed E-state index contributed by atoms with van der Waals surface area (Å²) in [5.41, 5.74) is 8.49. The lowest BCUT2D eigenvalue weighted by Crippen LogP contribution is -2.22. The van der Waals surface area contributed by atoms with Crippen molar-refractivity contribution in [1.82, 2.24) is 14.5 Å². The first-order valence-corrected chi connectivity index (χ1v) is 7.23. The summed E-state index contributed by atoms with van der Waals surface area (Å²) in [6, 6.07) is 9.62. The molecule has 2 aromatic heterocycles. The van der Waals surface area contributed by atoms with Crippen LogP contribution in [-0.2, 0) is 6.54 Å². The van der Waals surface area contributed by atoms with E-state index in [9.17, 15) is 4.79 Å². The smallest absolute Gasteiger partial charge is 0.274 e. The number of pyridine rings is 1. The van der Waals surface area contributed by atoms with E-state index in [1.54, 1.807) is 22.9 Å². The number of nitrogens with one attached hydrogen (secondary N) is 2. The van der Waals surface area contributed by atoms with Gasteiger partial charge < -0.3 is 20.6 Å². The Hall–Kier alpha value is -2.76. The average Bonchev–Trinajstić information content (AvgIpc) is 2.87. The second-order valence-electron chi connectivity index (χ2n) is 5.58. The molecule has 1 aromatic carbocycles. The zero-order valence-electron chi connectivity index (χ0n) is 12.6. The van der Waals surface area contributed by atoms with Gasteiger partial charge in [0.05, 0.1) is 23.4 Å². The fourth-order valence-electron chi connectivity index (χ4n) is 2.43. The van der Waals surface area contributed by atoms with E-state index < -0.39 is 0 Å². The highest BCUT2D eigenvalue weighted by atomic mass is 16.1. The fraction of sp³-hybridized carbons (Fsp3) is 0.250. The Balaban J connectivity index is 1.99. The Morgan fingerprint density at radius 2 is 2.14 bits per heavy atom. The number of H-pyrrole nitrogens is 1. The lowest BCUT2D eigenvalue weighted by atomic mass is 10.2. The van der Waals surface area contributed by atoms with E-state index in [0.29, 0.717) is 12.6 Å². The van der Waals surface area contributed by atoms with Crippen molar-refractivity contribution in [2.45, 2.75) is 26.4 Å². The summed E-state index contributed by atoms with van der Waals surface area (Å²) < 4.78 is 1.54. The van der Waals surface area contributed by atoms with Crippen molar-refractivity contribution in [3.8, 4) is 0 Å². The number of nitrogens with two attached hydrogens (primary N) is 1. The Bertz CT molecular complexity index is 862. The molecule has 114 valence electrons. The molecule has 0 spiro atoms. The molecule has 2 heterocycles. The second-order valence-corrected chi connectivity index (χ2v) is 5.58. The van der Waals surface area contributed by atoms with Gasteiger partial charge in [0, 0.05) is 12.2 Å². The molecule has 4 N–H and O–H groups in total. The number of imidazole rings is 1. The number of nitrogens with zero attached hydrogens (tertiary/aromatic N) is 2. The summed E-state index contributed by atoms with van der Waals surface area (Å²) >= 11 is 0. The minimum absolute atomic E-state index is 0.205. The Labute approximate surface area is 128 Å². The number of hydrogen-bond donors (Lipinski definition) is 3. The van der Waals surface area contributed by atoms with Crippen LogP contribution in [0.3, 0.4) is 0 Å². The van der Waals surface area contributed by atoms with E-state index in [4.69, 9.17) is 5.73 Å². The van der Waals surface area contributed by atoms with Crippen LogP contribution in [0.2, 0.25) is 0 Å². The molecule has 0 fully saturated rings. The summed E-state index contributed by atoms with van der Waals surface area (Å²) in [6.45, 7) is 4.52. The van der Waals surface area contributed by atoms with Crippen LogP contribution in [0, 0.1) is 0 Å². The van der Waals surface area contributed by atoms with Crippen LogP contribution in [0.15, 0.2) is 41.3 Å². The summed E-state index contributed by atoms with van der Waals surface area (Å²) in [6.07, 6.45) is 1.71. The third-order valence-electron chi connectivity index (χ3n) is 3.38. The summed E-state index contributed by atoms with van der Waals surface area (Å²) in [5, 5.41) is 3.37. The second kappa shape index (κ2) is 5.55. The molecule has 0 saturated carbocycles. The minimum atomic E-state index is -0.205. The van der Waals surface area contributed by atoms with Gasteiger partial charge in [0.1, 0.15) is 11.3 Å². The highest BCUT2D eigenvalue weighted by molar-refractivity contribution is 5.88. The normalized spacial score (nSPS) is 11.2. The van der Waals surface area contributed by atoms with Crippen molar-refractivity contribution in [1.29, 1.82) is 0 Å². The third-order valence-corrected chi connectivity index (χ3v) is 3.38. The number of benzene rings is 1. The maximum absolute atomic E-state index is 12.0. The average molecular weight is 297 g/mol. The van der Waals surface area contributed by atoms with Crippen molar-refractivity contribution >= 4 is 22.4 Å². The van der Waals surface area contributed by atoms with Gasteiger partial charge in [-0.3, -0.25) is 4.79 Å². The molecule has 0 amide bonds. The van der Waals surface area contributed by atoms with Crippen molar-refractivity contribution < 1.29 is 0 Å². The predicted octanol–water partition coefficient (Wildman–Crippen LogP) is 2.18. The monoisotopic (exact) mass is 297 g/mol. The molecule has 0 aliphatic carbocycles. The van der Waals surface area contributed by atoms with Gasteiger partial charge in [-0.05, 0) is 38.1 Å². The van der Waals surface area contributed by atoms with E-state index in [-0.39, 0.29) is 11.2 Å². The topological polar surface area (TPSA) is 88.7 Å². The SMILES string of the molecule is CC(C)Nc1cccc2[nH]c(Cn3cccc(N)c3=O)nc12. The molecule has 0 radical (unpaired) electrons. The van der Waals surface area contributed by atoms with Crippen LogP contribution in [0.4, 0.5) is 11.4 Å². The van der Waals surface area contributed by atoms with Crippen molar-refractivity contribution in [2.24, 2.45) is 0 Å². The number of hydrogen-bond acceptors (Lipinski definition) is 4. The van der Waals surface area contributed by atoms with Gasteiger partial charge in [0.15, 0.2) is 0 Å². The Kier molecular flexibility index (Phi) is 3.58. The van der Waals surface area contributed by atoms with E-state index in [1.165, 1.54) is 0 Å². The van der Waals surface area contributed by atoms with Gasteiger partial charge >= 0.3 is 0 Å². The molecule has 0 unspecified atom stereocenters. The predicted molar refractivity (Wildman–Crippen MR) is 89.1 cm³/mol. The molecule has 0 aliphatic heterocycles. The molecule has 0 bridgehead atoms. The quantitative estimate of drug-likeness (QED) is 0.688. The number of anilines is 2. The lowest BCUT2D eigenvalue weighted by molar-refractivity contribution is 0.729. The van der Waals surface area contributed by atoms with E-state index in [1.807, 2.05) is 18.2 Å². The molecule has 22 heavy (non-hydrogen) atoms. The number of aromatic nitrogens is 3. The maximum atomic E-state index is 12.0. The third kappa shape index (κ3) is 2.67. The minimum Gasteiger partial charge on any atom is -0.394 e. The van der Waals surface area contributed by atoms with Gasteiger partial charge in [-0.2, -0.15) is 0 Å². The van der Waals surface area contributed by atoms with Crippen molar-refractivity contribution in [2.75, 3.05) is 11.1 Å². The maximum Gasteiger partial charge on any atom is 0.274 e. The molecule has 0 saturated heterocycles. The summed E-state index contributed by atoms with van der Waals surface area (Å²) in [4.78, 5) is 19.9. The molecule has 6 nitrogen and oxygen atoms in total. The van der Waals surface area contributed by atoms with Crippen molar-refractivity contribution in [3.63, 3.8) is 0 Å². The van der Waals surface area contributed by atoms with Crippen LogP contribution >= 0.6 is 0 Å². The van der Waals surface area contributed by atoms with Gasteiger partial charge in [-0.1, -0.05) is 6.07 Å². The lowest BCUT2D eigenvalue weighted by Gasteiger charge is -2.09. The molecule has 3 aromatic rings. The van der Waals surface area contributed by atoms with Gasteiger partial charge in [-0.15, -0.1) is 0 Å². The molecular weight excluding hydrogens is 278 g/mol. The molecular formula is C16H19N5O. The standard InChI is InChI=1S/C16H19N5O/c1-10(2)18-12-6-3-7-13-15(12)20-14(19-13)9-21-8-4-5-11(17)16(21)22/h3-8,10,18H,9,17H2,1-2H3,(H,19,20). The van der Waals surface area contributed by atoms with Crippen LogP contribution in [0.25, 0.3) is 11.0 Å². The van der Waals surface area contributed by atoms with E-state index in [2.05, 4.69) is 29.1 Å². The number of fused-ring (bicyclic) bond motifs is 1. The van der Waals surface area contributed by atoms with Crippen LogP contribution < -0.4 is 16.6 Å². The number of nitrogen functional groups attached to an aromatic ring is 1. The van der Waals surface area contributed by atoms with Crippen LogP contribution in [0.1, 0.15) is 19.7 Å². The van der Waals surface area contributed by atoms with Gasteiger partial charge in [-0.25, -0.2) is 4.98 Å². The number of aromatic amines is 1. The molecule has 0 aliphatic rings. The van der Waals surface area contributed by atoms with E-state index in [0.717, 1.165) is 22.5 Å². The zero-order chi connectivity index (χ0) is 15.7. The molecule has 0 atom stereocenters. The van der Waals surface area contributed by atoms with Gasteiger partial charge in [0.2, 0.25) is 0 Å². The van der Waals surface area contributed by atoms with Crippen molar-refractivity contribution in [3.05, 3.63) is 52.7 Å². The number of para-hydroxylation sites is 1. The van der Waals surface area contributed by atoms with Crippen LogP contribution in [0.5, 0.6) is 0 Å². The molecule has 6 heteroatoms. The fourth-order valence-corrected chi connectivity index (χ4v) is 2.43. The zero-order valence-corrected chi connectivity index (χ0v) is 12.6. The Morgan fingerprint density at radius 3 is 2.91 bits per heavy atom. The largest absolute Gasteiger partial charge is 0.394 e. The van der Waals surface area contributed by atoms with Gasteiger partial charge in [0.25, 0.3) is 5.56 Å². The molecule has 3 rings (SSSR count). The first-order valence-electron chi connectivity index (χ1n) is 7.23.